The SMILES string of the molecule is CC(C)C=C(C#N)C(=O)NCCCC[C@H](NC(=O)[C@H](C)NC(=O)C(C)C)C(=O)N[C@@H](Cc1ccccc1)OB(O)O. The van der Waals surface area contributed by atoms with E-state index in [0.717, 1.165) is 5.56 Å². The van der Waals surface area contributed by atoms with Crippen molar-refractivity contribution < 1.29 is 33.9 Å². The summed E-state index contributed by atoms with van der Waals surface area (Å²) in [7, 11) is -2.14. The van der Waals surface area contributed by atoms with Gasteiger partial charge < -0.3 is 36.0 Å². The number of nitrogens with zero attached hydrogens (tertiary/aromatic N) is 1. The Bertz CT molecular complexity index is 1070. The van der Waals surface area contributed by atoms with Crippen LogP contribution in [-0.2, 0) is 30.3 Å². The molecular weight excluding hydrogens is 529 g/mol. The first kappa shape index (κ1) is 35.3. The molecular formula is C28H42BN5O7. The summed E-state index contributed by atoms with van der Waals surface area (Å²) in [4.78, 5) is 50.3. The molecule has 0 heterocycles. The van der Waals surface area contributed by atoms with E-state index in [2.05, 4.69) is 21.3 Å². The highest BCUT2D eigenvalue weighted by Gasteiger charge is 2.28. The number of nitrogens with one attached hydrogen (secondary N) is 4. The van der Waals surface area contributed by atoms with Crippen LogP contribution in [0.3, 0.4) is 0 Å². The number of unbranched alkanes of at least 4 members (excludes halogenated alkanes) is 1. The van der Waals surface area contributed by atoms with Crippen molar-refractivity contribution in [2.24, 2.45) is 11.8 Å². The summed E-state index contributed by atoms with van der Waals surface area (Å²) in [5.74, 6) is -2.31. The van der Waals surface area contributed by atoms with Crippen LogP contribution in [0.25, 0.3) is 0 Å². The molecule has 6 N–H and O–H groups in total. The molecule has 0 bridgehead atoms. The van der Waals surface area contributed by atoms with Gasteiger partial charge in [-0.2, -0.15) is 5.26 Å². The average molecular weight is 571 g/mol. The molecule has 4 amide bonds. The van der Waals surface area contributed by atoms with Crippen LogP contribution in [0.5, 0.6) is 0 Å². The molecule has 1 aromatic carbocycles. The van der Waals surface area contributed by atoms with E-state index < -0.39 is 43.4 Å². The van der Waals surface area contributed by atoms with Gasteiger partial charge in [0.25, 0.3) is 5.91 Å². The maximum atomic E-state index is 13.2. The third-order valence-corrected chi connectivity index (χ3v) is 5.83. The van der Waals surface area contributed by atoms with Gasteiger partial charge in [0.1, 0.15) is 30.0 Å². The van der Waals surface area contributed by atoms with E-state index in [9.17, 15) is 34.5 Å². The number of nitriles is 1. The van der Waals surface area contributed by atoms with E-state index in [4.69, 9.17) is 4.65 Å². The Balaban J connectivity index is 2.91. The fourth-order valence-corrected chi connectivity index (χ4v) is 3.65. The number of carbonyl (C=O) groups is 4. The highest BCUT2D eigenvalue weighted by molar-refractivity contribution is 6.32. The van der Waals surface area contributed by atoms with E-state index in [1.807, 2.05) is 26.0 Å². The lowest BCUT2D eigenvalue weighted by Crippen LogP contribution is -2.55. The number of carbonyl (C=O) groups excluding carboxylic acids is 4. The predicted octanol–water partition coefficient (Wildman–Crippen LogP) is 0.695. The van der Waals surface area contributed by atoms with E-state index in [0.29, 0.717) is 12.8 Å². The summed E-state index contributed by atoms with van der Waals surface area (Å²) < 4.78 is 5.07. The molecule has 0 fully saturated rings. The maximum Gasteiger partial charge on any atom is 0.635 e. The monoisotopic (exact) mass is 571 g/mol. The molecule has 41 heavy (non-hydrogen) atoms. The number of hydrogen-bond acceptors (Lipinski definition) is 8. The molecule has 0 radical (unpaired) electrons. The zero-order chi connectivity index (χ0) is 30.9. The summed E-state index contributed by atoms with van der Waals surface area (Å²) in [6.07, 6.45) is 1.62. The van der Waals surface area contributed by atoms with E-state index in [1.54, 1.807) is 44.2 Å². The third kappa shape index (κ3) is 14.5. The third-order valence-electron chi connectivity index (χ3n) is 5.83. The van der Waals surface area contributed by atoms with E-state index >= 15 is 0 Å². The topological polar surface area (TPSA) is 190 Å². The zero-order valence-electron chi connectivity index (χ0n) is 24.3. The molecule has 12 nitrogen and oxygen atoms in total. The summed E-state index contributed by atoms with van der Waals surface area (Å²) in [5, 5.41) is 38.4. The first-order valence-electron chi connectivity index (χ1n) is 13.7. The van der Waals surface area contributed by atoms with Crippen molar-refractivity contribution in [1.29, 1.82) is 5.26 Å². The molecule has 1 aromatic rings. The number of benzene rings is 1. The smallest absolute Gasteiger partial charge is 0.402 e. The van der Waals surface area contributed by atoms with Crippen molar-refractivity contribution in [2.45, 2.75) is 78.6 Å². The second-order valence-corrected chi connectivity index (χ2v) is 10.3. The summed E-state index contributed by atoms with van der Waals surface area (Å²) in [5.41, 5.74) is 0.792. The molecule has 224 valence electrons. The maximum absolute atomic E-state index is 13.2. The summed E-state index contributed by atoms with van der Waals surface area (Å²) in [6.45, 7) is 8.84. The number of rotatable bonds is 17. The second-order valence-electron chi connectivity index (χ2n) is 10.3. The number of amides is 4. The van der Waals surface area contributed by atoms with Crippen molar-refractivity contribution in [3.05, 3.63) is 47.5 Å². The van der Waals surface area contributed by atoms with Gasteiger partial charge in [-0.1, -0.05) is 64.1 Å². The van der Waals surface area contributed by atoms with Gasteiger partial charge in [-0.15, -0.1) is 0 Å². The minimum Gasteiger partial charge on any atom is -0.402 e. The van der Waals surface area contributed by atoms with Crippen molar-refractivity contribution >= 4 is 30.9 Å². The van der Waals surface area contributed by atoms with Crippen LogP contribution < -0.4 is 21.3 Å². The van der Waals surface area contributed by atoms with Gasteiger partial charge in [-0.25, -0.2) is 0 Å². The van der Waals surface area contributed by atoms with Crippen molar-refractivity contribution in [3.8, 4) is 6.07 Å². The average Bonchev–Trinajstić information content (AvgIpc) is 2.90. The van der Waals surface area contributed by atoms with Gasteiger partial charge in [-0.05, 0) is 37.7 Å². The Hall–Kier alpha value is -3.73. The van der Waals surface area contributed by atoms with E-state index in [1.165, 1.54) is 6.92 Å². The molecule has 13 heteroatoms. The highest BCUT2D eigenvalue weighted by Crippen LogP contribution is 2.08. The van der Waals surface area contributed by atoms with Crippen molar-refractivity contribution in [3.63, 3.8) is 0 Å². The van der Waals surface area contributed by atoms with Gasteiger partial charge in [0.15, 0.2) is 0 Å². The molecule has 3 atom stereocenters. The predicted molar refractivity (Wildman–Crippen MR) is 153 cm³/mol. The minimum absolute atomic E-state index is 0.0254. The Morgan fingerprint density at radius 3 is 2.17 bits per heavy atom. The molecule has 0 saturated heterocycles. The molecule has 0 saturated carbocycles. The fourth-order valence-electron chi connectivity index (χ4n) is 3.65. The first-order valence-corrected chi connectivity index (χ1v) is 13.7. The normalized spacial score (nSPS) is 13.5. The lowest BCUT2D eigenvalue weighted by Gasteiger charge is -2.25. The van der Waals surface area contributed by atoms with Gasteiger partial charge >= 0.3 is 7.32 Å². The molecule has 0 unspecified atom stereocenters. The summed E-state index contributed by atoms with van der Waals surface area (Å²) >= 11 is 0. The Morgan fingerprint density at radius 1 is 0.951 bits per heavy atom. The van der Waals surface area contributed by atoms with Gasteiger partial charge in [-0.3, -0.25) is 19.2 Å². The Labute approximate surface area is 242 Å². The summed E-state index contributed by atoms with van der Waals surface area (Å²) in [6, 6.07) is 8.88. The van der Waals surface area contributed by atoms with Crippen LogP contribution >= 0.6 is 0 Å². The zero-order valence-corrected chi connectivity index (χ0v) is 24.3. The molecule has 0 aliphatic rings. The van der Waals surface area contributed by atoms with Crippen molar-refractivity contribution in [1.82, 2.24) is 21.3 Å². The van der Waals surface area contributed by atoms with Crippen LogP contribution in [0.15, 0.2) is 42.0 Å². The van der Waals surface area contributed by atoms with Crippen LogP contribution in [0, 0.1) is 23.2 Å². The van der Waals surface area contributed by atoms with Gasteiger partial charge in [0.2, 0.25) is 17.7 Å². The first-order chi connectivity index (χ1) is 19.3. The van der Waals surface area contributed by atoms with Crippen LogP contribution in [0.2, 0.25) is 0 Å². The Kier molecular flexibility index (Phi) is 16.0. The standard InChI is InChI=1S/C28H42BN5O7/c1-18(2)15-22(17-30)27(37)31-14-10-9-13-23(33-26(36)20(5)32-25(35)19(3)4)28(38)34-24(41-29(39)40)16-21-11-7-6-8-12-21/h6-8,11-12,15,18-20,23-24,39-40H,9-10,13-14,16H2,1-5H3,(H,31,37)(H,32,35)(H,33,36)(H,34,38)/t20-,23-,24+/m0/s1. The highest BCUT2D eigenvalue weighted by atomic mass is 16.6. The quantitative estimate of drug-likeness (QED) is 0.0518. The largest absolute Gasteiger partial charge is 0.635 e. The second kappa shape index (κ2) is 18.6. The number of hydrogen-bond donors (Lipinski definition) is 6. The molecule has 0 aliphatic carbocycles. The lowest BCUT2D eigenvalue weighted by molar-refractivity contribution is -0.133. The van der Waals surface area contributed by atoms with Crippen molar-refractivity contribution in [2.75, 3.05) is 6.54 Å². The lowest BCUT2D eigenvalue weighted by atomic mass is 10.1. The van der Waals surface area contributed by atoms with Crippen LogP contribution in [0.1, 0.15) is 59.4 Å². The van der Waals surface area contributed by atoms with Crippen LogP contribution in [0.4, 0.5) is 0 Å². The molecule has 0 spiro atoms. The Morgan fingerprint density at radius 2 is 1.61 bits per heavy atom. The number of allylic oxidation sites excluding steroid dienone is 1. The molecule has 0 aliphatic heterocycles. The minimum atomic E-state index is -2.14. The molecule has 1 rings (SSSR count). The van der Waals surface area contributed by atoms with Crippen LogP contribution in [-0.4, -0.2) is 65.9 Å². The van der Waals surface area contributed by atoms with E-state index in [-0.39, 0.29) is 42.7 Å². The fraction of sp³-hybridized carbons (Fsp3) is 0.536. The van der Waals surface area contributed by atoms with Gasteiger partial charge in [0, 0.05) is 18.9 Å². The van der Waals surface area contributed by atoms with Gasteiger partial charge in [0.05, 0.1) is 0 Å². The molecule has 0 aromatic heterocycles.